The van der Waals surface area contributed by atoms with Crippen LogP contribution >= 0.6 is 23.2 Å². The van der Waals surface area contributed by atoms with Gasteiger partial charge in [-0.05, 0) is 19.1 Å². The van der Waals surface area contributed by atoms with E-state index in [0.29, 0.717) is 11.3 Å². The van der Waals surface area contributed by atoms with Crippen LogP contribution in [0.2, 0.25) is 10.0 Å². The Hall–Kier alpha value is -1.72. The molecular weight excluding hydrogens is 293 g/mol. The molecule has 1 heterocycles. The van der Waals surface area contributed by atoms with Gasteiger partial charge in [-0.15, -0.1) is 0 Å². The van der Waals surface area contributed by atoms with Crippen LogP contribution in [0, 0.1) is 6.92 Å². The van der Waals surface area contributed by atoms with Gasteiger partial charge in [0.2, 0.25) is 0 Å². The number of carboxylic acids is 1. The first-order chi connectivity index (χ1) is 8.95. The normalized spacial score (nSPS) is 10.5. The number of hydrogen-bond donors (Lipinski definition) is 0. The Balaban J connectivity index is 2.64. The van der Waals surface area contributed by atoms with E-state index in [1.165, 1.54) is 26.2 Å². The molecule has 1 aromatic carbocycles. The van der Waals surface area contributed by atoms with Crippen LogP contribution in [-0.2, 0) is 0 Å². The van der Waals surface area contributed by atoms with Crippen molar-refractivity contribution in [3.05, 3.63) is 33.5 Å². The van der Waals surface area contributed by atoms with Gasteiger partial charge < -0.3 is 19.2 Å². The summed E-state index contributed by atoms with van der Waals surface area (Å²) in [5.74, 6) is -0.919. The van der Waals surface area contributed by atoms with E-state index in [0.717, 1.165) is 0 Å². The lowest BCUT2D eigenvalue weighted by Crippen LogP contribution is -2.23. The van der Waals surface area contributed by atoms with Crippen molar-refractivity contribution in [2.24, 2.45) is 0 Å². The predicted octanol–water partition coefficient (Wildman–Crippen LogP) is 2.33. The topological polar surface area (TPSA) is 75.4 Å². The highest BCUT2D eigenvalue weighted by atomic mass is 35.5. The van der Waals surface area contributed by atoms with Gasteiger partial charge in [0.05, 0.1) is 28.7 Å². The number of aryl methyl sites for hydroxylation is 1. The third kappa shape index (κ3) is 2.39. The van der Waals surface area contributed by atoms with Crippen molar-refractivity contribution in [3.8, 4) is 17.0 Å². The zero-order valence-electron chi connectivity index (χ0n) is 9.99. The number of halogens is 2. The van der Waals surface area contributed by atoms with Crippen LogP contribution in [0.4, 0.5) is 0 Å². The molecule has 0 aliphatic carbocycles. The molecule has 0 atom stereocenters. The fraction of sp³-hybridized carbons (Fsp3) is 0.167. The second-order valence-electron chi connectivity index (χ2n) is 3.72. The van der Waals surface area contributed by atoms with Gasteiger partial charge in [0.25, 0.3) is 0 Å². The molecule has 7 heteroatoms. The molecule has 0 amide bonds. The average molecular weight is 301 g/mol. The molecule has 0 bridgehead atoms. The minimum absolute atomic E-state index is 0.115. The number of aromatic carboxylic acids is 1. The van der Waals surface area contributed by atoms with Gasteiger partial charge in [-0.1, -0.05) is 28.4 Å². The molecule has 2 aromatic rings. The maximum Gasteiger partial charge on any atom is 0.156 e. The van der Waals surface area contributed by atoms with Crippen LogP contribution in [0.3, 0.4) is 0 Å². The number of carboxylic acid groups (broad SMARTS) is 1. The standard InChI is InChI=1S/C12H9Cl2NO4/c1-5-9(12(16)17)10(15-19-5)6-3-7(13)11(18-2)8(14)4-6/h3-4H,1-2H3,(H,16,17)/p-1. The molecule has 0 radical (unpaired) electrons. The zero-order valence-corrected chi connectivity index (χ0v) is 11.5. The van der Waals surface area contributed by atoms with E-state index in [9.17, 15) is 9.90 Å². The van der Waals surface area contributed by atoms with E-state index in [-0.39, 0.29) is 27.1 Å². The monoisotopic (exact) mass is 300 g/mol. The van der Waals surface area contributed by atoms with Crippen molar-refractivity contribution in [1.82, 2.24) is 5.16 Å². The van der Waals surface area contributed by atoms with Crippen molar-refractivity contribution >= 4 is 29.2 Å². The van der Waals surface area contributed by atoms with E-state index < -0.39 is 5.97 Å². The molecule has 19 heavy (non-hydrogen) atoms. The number of methoxy groups -OCH3 is 1. The quantitative estimate of drug-likeness (QED) is 0.869. The highest BCUT2D eigenvalue weighted by Crippen LogP contribution is 2.38. The zero-order chi connectivity index (χ0) is 14.2. The lowest BCUT2D eigenvalue weighted by Gasteiger charge is -2.08. The molecule has 100 valence electrons. The molecule has 0 N–H and O–H groups in total. The lowest BCUT2D eigenvalue weighted by atomic mass is 10.1. The molecule has 0 aliphatic heterocycles. The second kappa shape index (κ2) is 5.11. The van der Waals surface area contributed by atoms with Crippen LogP contribution < -0.4 is 9.84 Å². The van der Waals surface area contributed by atoms with Crippen LogP contribution in [-0.4, -0.2) is 18.2 Å². The van der Waals surface area contributed by atoms with Crippen LogP contribution in [0.1, 0.15) is 16.1 Å². The number of hydrogen-bond acceptors (Lipinski definition) is 5. The minimum Gasteiger partial charge on any atom is -0.545 e. The Morgan fingerprint density at radius 3 is 2.42 bits per heavy atom. The van der Waals surface area contributed by atoms with E-state index in [1.54, 1.807) is 0 Å². The molecule has 0 spiro atoms. The average Bonchev–Trinajstić information content (AvgIpc) is 2.70. The van der Waals surface area contributed by atoms with Crippen molar-refractivity contribution in [3.63, 3.8) is 0 Å². The second-order valence-corrected chi connectivity index (χ2v) is 4.54. The van der Waals surface area contributed by atoms with Gasteiger partial charge in [0, 0.05) is 5.56 Å². The third-order valence-corrected chi connectivity index (χ3v) is 3.10. The van der Waals surface area contributed by atoms with E-state index in [2.05, 4.69) is 5.16 Å². The Morgan fingerprint density at radius 2 is 1.95 bits per heavy atom. The Morgan fingerprint density at radius 1 is 1.37 bits per heavy atom. The molecular formula is C12H8Cl2NO4-. The maximum atomic E-state index is 11.1. The summed E-state index contributed by atoms with van der Waals surface area (Å²) in [5.41, 5.74) is 0.396. The summed E-state index contributed by atoms with van der Waals surface area (Å²) in [6.07, 6.45) is 0. The van der Waals surface area contributed by atoms with Crippen LogP contribution in [0.15, 0.2) is 16.7 Å². The highest BCUT2D eigenvalue weighted by Gasteiger charge is 2.18. The highest BCUT2D eigenvalue weighted by molar-refractivity contribution is 6.37. The molecule has 0 fully saturated rings. The largest absolute Gasteiger partial charge is 0.545 e. The Kier molecular flexibility index (Phi) is 3.68. The van der Waals surface area contributed by atoms with E-state index in [1.807, 2.05) is 0 Å². The molecule has 5 nitrogen and oxygen atoms in total. The maximum absolute atomic E-state index is 11.1. The number of rotatable bonds is 3. The number of carbonyl (C=O) groups excluding carboxylic acids is 1. The van der Waals surface area contributed by atoms with Gasteiger partial charge in [-0.3, -0.25) is 0 Å². The van der Waals surface area contributed by atoms with Gasteiger partial charge >= 0.3 is 0 Å². The summed E-state index contributed by atoms with van der Waals surface area (Å²) in [6, 6.07) is 2.99. The summed E-state index contributed by atoms with van der Waals surface area (Å²) >= 11 is 12.0. The SMILES string of the molecule is COc1c(Cl)cc(-c2noc(C)c2C(=O)[O-])cc1Cl. The molecule has 0 saturated carbocycles. The number of carbonyl (C=O) groups is 1. The number of nitrogens with zero attached hydrogens (tertiary/aromatic N) is 1. The van der Waals surface area contributed by atoms with Crippen molar-refractivity contribution in [2.45, 2.75) is 6.92 Å². The number of benzene rings is 1. The minimum atomic E-state index is -1.38. The van der Waals surface area contributed by atoms with Crippen molar-refractivity contribution in [2.75, 3.05) is 7.11 Å². The third-order valence-electron chi connectivity index (χ3n) is 2.54. The molecule has 0 unspecified atom stereocenters. The van der Waals surface area contributed by atoms with Gasteiger partial charge in [-0.2, -0.15) is 0 Å². The first kappa shape index (κ1) is 13.7. The summed E-state index contributed by atoms with van der Waals surface area (Å²) in [4.78, 5) is 11.1. The first-order valence-electron chi connectivity index (χ1n) is 5.16. The van der Waals surface area contributed by atoms with Crippen molar-refractivity contribution < 1.29 is 19.2 Å². The van der Waals surface area contributed by atoms with Crippen molar-refractivity contribution in [1.29, 1.82) is 0 Å². The predicted molar refractivity (Wildman–Crippen MR) is 67.6 cm³/mol. The lowest BCUT2D eigenvalue weighted by molar-refractivity contribution is -0.255. The fourth-order valence-electron chi connectivity index (χ4n) is 1.70. The molecule has 0 aliphatic rings. The summed E-state index contributed by atoms with van der Waals surface area (Å²) in [6.45, 7) is 1.48. The van der Waals surface area contributed by atoms with Gasteiger partial charge in [0.15, 0.2) is 5.75 Å². The number of ether oxygens (including phenoxy) is 1. The smallest absolute Gasteiger partial charge is 0.156 e. The summed E-state index contributed by atoms with van der Waals surface area (Å²) < 4.78 is 9.87. The Labute approximate surface area is 118 Å². The fourth-order valence-corrected chi connectivity index (χ4v) is 2.34. The van der Waals surface area contributed by atoms with E-state index in [4.69, 9.17) is 32.5 Å². The molecule has 2 rings (SSSR count). The summed E-state index contributed by atoms with van der Waals surface area (Å²) in [5, 5.41) is 15.2. The first-order valence-corrected chi connectivity index (χ1v) is 5.92. The van der Waals surface area contributed by atoms with Crippen LogP contribution in [0.25, 0.3) is 11.3 Å². The van der Waals surface area contributed by atoms with Gasteiger partial charge in [-0.25, -0.2) is 0 Å². The van der Waals surface area contributed by atoms with Crippen LogP contribution in [0.5, 0.6) is 5.75 Å². The summed E-state index contributed by atoms with van der Waals surface area (Å²) in [7, 11) is 1.43. The Bertz CT molecular complexity index is 628. The number of aromatic nitrogens is 1. The van der Waals surface area contributed by atoms with E-state index >= 15 is 0 Å². The van der Waals surface area contributed by atoms with Gasteiger partial charge in [0.1, 0.15) is 11.5 Å². The molecule has 0 saturated heterocycles. The molecule has 1 aromatic heterocycles.